The third-order valence-corrected chi connectivity index (χ3v) is 1.35. The fraction of sp³-hybridized carbons (Fsp3) is 0. The van der Waals surface area contributed by atoms with Crippen LogP contribution in [0.15, 0.2) is 24.7 Å². The lowest BCUT2D eigenvalue weighted by Crippen LogP contribution is -2.04. The number of rotatable bonds is 1. The Balaban J connectivity index is 2.51. The Morgan fingerprint density at radius 1 is 1.42 bits per heavy atom. The molecule has 2 rings (SSSR count). The number of nitrogen functional groups attached to an aromatic ring is 1. The number of nitrogens with zero attached hydrogens (tertiary/aromatic N) is 5. The lowest BCUT2D eigenvalue weighted by molar-refractivity contribution is 0.822. The summed E-state index contributed by atoms with van der Waals surface area (Å²) in [5.74, 6) is 0.864. The summed E-state index contributed by atoms with van der Waals surface area (Å²) in [6.07, 6.45) is 2.95. The Bertz CT molecular complexity index is 367. The van der Waals surface area contributed by atoms with Gasteiger partial charge in [-0.25, -0.2) is 0 Å². The van der Waals surface area contributed by atoms with E-state index in [9.17, 15) is 0 Å². The summed E-state index contributed by atoms with van der Waals surface area (Å²) in [4.78, 5) is 3.75. The van der Waals surface area contributed by atoms with Crippen LogP contribution in [-0.2, 0) is 0 Å². The van der Waals surface area contributed by atoms with Crippen molar-refractivity contribution in [3.63, 3.8) is 0 Å². The molecule has 0 spiro atoms. The van der Waals surface area contributed by atoms with Gasteiger partial charge in [-0.2, -0.15) is 19.9 Å². The van der Waals surface area contributed by atoms with Crippen LogP contribution in [0.4, 0.5) is 5.95 Å². The van der Waals surface area contributed by atoms with Crippen LogP contribution in [0.1, 0.15) is 0 Å². The first kappa shape index (κ1) is 6.71. The summed E-state index contributed by atoms with van der Waals surface area (Å²) in [6, 6.07) is 3.50. The Morgan fingerprint density at radius 3 is 2.92 bits per heavy atom. The summed E-state index contributed by atoms with van der Waals surface area (Å²) in [5.41, 5.74) is 5.49. The number of aromatic nitrogens is 5. The van der Waals surface area contributed by atoms with E-state index < -0.39 is 0 Å². The standard InChI is InChI=1S/C6H6N6/c7-6-8-4-10-12(6)5-2-1-3-9-11-5/h1-4H,(H2,7,8,10). The van der Waals surface area contributed by atoms with Crippen LogP contribution < -0.4 is 5.73 Å². The van der Waals surface area contributed by atoms with Gasteiger partial charge in [0.25, 0.3) is 0 Å². The Morgan fingerprint density at radius 2 is 2.33 bits per heavy atom. The van der Waals surface area contributed by atoms with Crippen molar-refractivity contribution < 1.29 is 0 Å². The minimum atomic E-state index is 0.301. The van der Waals surface area contributed by atoms with Crippen molar-refractivity contribution in [2.75, 3.05) is 5.73 Å². The number of hydrogen-bond acceptors (Lipinski definition) is 5. The fourth-order valence-corrected chi connectivity index (χ4v) is 0.833. The van der Waals surface area contributed by atoms with Crippen LogP contribution in [-0.4, -0.2) is 25.0 Å². The first-order valence-electron chi connectivity index (χ1n) is 3.31. The summed E-state index contributed by atoms with van der Waals surface area (Å²) in [6.45, 7) is 0. The molecule has 0 amide bonds. The normalized spacial score (nSPS) is 10.0. The molecule has 60 valence electrons. The van der Waals surface area contributed by atoms with Crippen LogP contribution in [0.2, 0.25) is 0 Å². The van der Waals surface area contributed by atoms with Gasteiger partial charge in [-0.05, 0) is 12.1 Å². The average Bonchev–Trinajstić information content (AvgIpc) is 2.53. The van der Waals surface area contributed by atoms with E-state index >= 15 is 0 Å². The summed E-state index contributed by atoms with van der Waals surface area (Å²) in [7, 11) is 0. The van der Waals surface area contributed by atoms with Gasteiger partial charge in [0.05, 0.1) is 0 Å². The van der Waals surface area contributed by atoms with E-state index in [-0.39, 0.29) is 0 Å². The van der Waals surface area contributed by atoms with Gasteiger partial charge in [0, 0.05) is 6.20 Å². The van der Waals surface area contributed by atoms with E-state index in [1.807, 2.05) is 0 Å². The molecule has 6 nitrogen and oxygen atoms in total. The summed E-state index contributed by atoms with van der Waals surface area (Å²) < 4.78 is 1.41. The minimum Gasteiger partial charge on any atom is -0.368 e. The van der Waals surface area contributed by atoms with Crippen molar-refractivity contribution >= 4 is 5.95 Å². The third-order valence-electron chi connectivity index (χ3n) is 1.35. The molecule has 0 radical (unpaired) electrons. The highest BCUT2D eigenvalue weighted by molar-refractivity contribution is 5.28. The predicted molar refractivity (Wildman–Crippen MR) is 41.4 cm³/mol. The second kappa shape index (κ2) is 2.57. The van der Waals surface area contributed by atoms with E-state index in [2.05, 4.69) is 20.3 Å². The van der Waals surface area contributed by atoms with E-state index in [0.29, 0.717) is 11.8 Å². The maximum absolute atomic E-state index is 5.49. The molecule has 0 aliphatic heterocycles. The predicted octanol–water partition coefficient (Wildman–Crippen LogP) is -0.361. The summed E-state index contributed by atoms with van der Waals surface area (Å²) >= 11 is 0. The molecule has 0 saturated heterocycles. The van der Waals surface area contributed by atoms with Crippen molar-refractivity contribution in [1.29, 1.82) is 0 Å². The Labute approximate surface area is 68.1 Å². The number of anilines is 1. The van der Waals surface area contributed by atoms with E-state index in [0.717, 1.165) is 0 Å². The molecule has 0 bridgehead atoms. The van der Waals surface area contributed by atoms with Crippen molar-refractivity contribution in [3.05, 3.63) is 24.7 Å². The largest absolute Gasteiger partial charge is 0.368 e. The highest BCUT2D eigenvalue weighted by Gasteiger charge is 2.01. The number of hydrogen-bond donors (Lipinski definition) is 1. The van der Waals surface area contributed by atoms with Crippen molar-refractivity contribution in [3.8, 4) is 5.82 Å². The molecule has 0 unspecified atom stereocenters. The zero-order valence-electron chi connectivity index (χ0n) is 6.12. The molecule has 0 aromatic carbocycles. The van der Waals surface area contributed by atoms with Gasteiger partial charge >= 0.3 is 0 Å². The maximum Gasteiger partial charge on any atom is 0.224 e. The van der Waals surface area contributed by atoms with Crippen molar-refractivity contribution in [1.82, 2.24) is 25.0 Å². The topological polar surface area (TPSA) is 82.5 Å². The highest BCUT2D eigenvalue weighted by Crippen LogP contribution is 2.03. The number of nitrogens with two attached hydrogens (primary N) is 1. The Hall–Kier alpha value is -1.98. The van der Waals surface area contributed by atoms with Crippen LogP contribution in [0.3, 0.4) is 0 Å². The third kappa shape index (κ3) is 0.986. The van der Waals surface area contributed by atoms with Gasteiger partial charge < -0.3 is 5.73 Å². The quantitative estimate of drug-likeness (QED) is 0.619. The van der Waals surface area contributed by atoms with E-state index in [1.165, 1.54) is 11.0 Å². The zero-order valence-corrected chi connectivity index (χ0v) is 6.12. The molecular formula is C6H6N6. The van der Waals surface area contributed by atoms with Crippen LogP contribution in [0.25, 0.3) is 5.82 Å². The van der Waals surface area contributed by atoms with Crippen LogP contribution in [0, 0.1) is 0 Å². The van der Waals surface area contributed by atoms with Gasteiger partial charge in [0.15, 0.2) is 5.82 Å². The lowest BCUT2D eigenvalue weighted by atomic mass is 10.5. The molecule has 2 aromatic rings. The molecule has 2 aromatic heterocycles. The highest BCUT2D eigenvalue weighted by atomic mass is 15.4. The monoisotopic (exact) mass is 162 g/mol. The maximum atomic E-state index is 5.49. The first-order valence-corrected chi connectivity index (χ1v) is 3.31. The average molecular weight is 162 g/mol. The SMILES string of the molecule is Nc1ncnn1-c1cccnn1. The molecule has 0 aliphatic rings. The van der Waals surface area contributed by atoms with Gasteiger partial charge in [-0.3, -0.25) is 0 Å². The lowest BCUT2D eigenvalue weighted by Gasteiger charge is -1.97. The van der Waals surface area contributed by atoms with E-state index in [4.69, 9.17) is 5.73 Å². The van der Waals surface area contributed by atoms with Crippen molar-refractivity contribution in [2.45, 2.75) is 0 Å². The first-order chi connectivity index (χ1) is 5.88. The van der Waals surface area contributed by atoms with E-state index in [1.54, 1.807) is 18.3 Å². The fourth-order valence-electron chi connectivity index (χ4n) is 0.833. The van der Waals surface area contributed by atoms with Crippen LogP contribution in [0.5, 0.6) is 0 Å². The second-order valence-corrected chi connectivity index (χ2v) is 2.11. The Kier molecular flexibility index (Phi) is 1.44. The molecule has 12 heavy (non-hydrogen) atoms. The molecule has 0 atom stereocenters. The molecule has 0 saturated carbocycles. The molecule has 2 N–H and O–H groups in total. The van der Waals surface area contributed by atoms with Gasteiger partial charge in [0.2, 0.25) is 5.95 Å². The molecule has 6 heteroatoms. The second-order valence-electron chi connectivity index (χ2n) is 2.11. The van der Waals surface area contributed by atoms with Gasteiger partial charge in [-0.15, -0.1) is 5.10 Å². The minimum absolute atomic E-state index is 0.301. The van der Waals surface area contributed by atoms with Gasteiger partial charge in [-0.1, -0.05) is 0 Å². The molecule has 0 aliphatic carbocycles. The molecular weight excluding hydrogens is 156 g/mol. The molecule has 2 heterocycles. The van der Waals surface area contributed by atoms with Crippen molar-refractivity contribution in [2.24, 2.45) is 0 Å². The summed E-state index contributed by atoms with van der Waals surface area (Å²) in [5, 5.41) is 11.4. The smallest absolute Gasteiger partial charge is 0.224 e. The van der Waals surface area contributed by atoms with Gasteiger partial charge in [0.1, 0.15) is 6.33 Å². The molecule has 0 fully saturated rings. The zero-order chi connectivity index (χ0) is 8.39. The van der Waals surface area contributed by atoms with Crippen LogP contribution >= 0.6 is 0 Å².